The van der Waals surface area contributed by atoms with Crippen molar-refractivity contribution in [2.24, 2.45) is 0 Å². The summed E-state index contributed by atoms with van der Waals surface area (Å²) in [6.45, 7) is 4.12. The van der Waals surface area contributed by atoms with Crippen LogP contribution in [-0.4, -0.2) is 22.9 Å². The van der Waals surface area contributed by atoms with Crippen LogP contribution in [0.5, 0.6) is 0 Å². The fourth-order valence-electron chi connectivity index (χ4n) is 1.63. The van der Waals surface area contributed by atoms with Crippen molar-refractivity contribution < 1.29 is 27.8 Å². The molecule has 118 valence electrons. The number of carbonyl (C=O) groups is 1. The zero-order valence-corrected chi connectivity index (χ0v) is 12.2. The fraction of sp³-hybridized carbons (Fsp3) is 0.533. The zero-order valence-electron chi connectivity index (χ0n) is 12.2. The molecule has 0 saturated carbocycles. The SMILES string of the molecule is CCC(C)c1cccc(COC(=O)C(C)(O)C(F)(F)F)c1. The maximum atomic E-state index is 12.5. The van der Waals surface area contributed by atoms with Crippen LogP contribution in [0.1, 0.15) is 44.2 Å². The number of ether oxygens (including phenoxy) is 1. The van der Waals surface area contributed by atoms with E-state index in [0.717, 1.165) is 12.0 Å². The fourth-order valence-corrected chi connectivity index (χ4v) is 1.63. The minimum Gasteiger partial charge on any atom is -0.458 e. The van der Waals surface area contributed by atoms with E-state index in [-0.39, 0.29) is 6.61 Å². The number of esters is 1. The summed E-state index contributed by atoms with van der Waals surface area (Å²) >= 11 is 0. The molecule has 0 aromatic heterocycles. The van der Waals surface area contributed by atoms with E-state index in [0.29, 0.717) is 18.4 Å². The number of alkyl halides is 3. The molecular formula is C15H19F3O3. The van der Waals surface area contributed by atoms with Gasteiger partial charge >= 0.3 is 12.1 Å². The van der Waals surface area contributed by atoms with Gasteiger partial charge < -0.3 is 9.84 Å². The molecule has 6 heteroatoms. The van der Waals surface area contributed by atoms with Gasteiger partial charge in [0.15, 0.2) is 0 Å². The lowest BCUT2D eigenvalue weighted by Gasteiger charge is -2.23. The molecule has 0 aliphatic heterocycles. The van der Waals surface area contributed by atoms with Crippen molar-refractivity contribution >= 4 is 5.97 Å². The number of benzene rings is 1. The van der Waals surface area contributed by atoms with Crippen LogP contribution < -0.4 is 0 Å². The molecule has 21 heavy (non-hydrogen) atoms. The average molecular weight is 304 g/mol. The number of halogens is 3. The Morgan fingerprint density at radius 2 is 2.00 bits per heavy atom. The third kappa shape index (κ3) is 4.20. The van der Waals surface area contributed by atoms with Gasteiger partial charge in [-0.1, -0.05) is 38.1 Å². The Kier molecular flexibility index (Phi) is 5.39. The molecule has 2 atom stereocenters. The normalized spacial score (nSPS) is 16.1. The van der Waals surface area contributed by atoms with E-state index in [1.54, 1.807) is 18.2 Å². The predicted octanol–water partition coefficient (Wildman–Crippen LogP) is 3.56. The van der Waals surface area contributed by atoms with Gasteiger partial charge in [0.25, 0.3) is 5.60 Å². The van der Waals surface area contributed by atoms with Gasteiger partial charge in [0, 0.05) is 0 Å². The highest BCUT2D eigenvalue weighted by molar-refractivity contribution is 5.79. The van der Waals surface area contributed by atoms with Crippen LogP contribution in [0.3, 0.4) is 0 Å². The van der Waals surface area contributed by atoms with E-state index >= 15 is 0 Å². The summed E-state index contributed by atoms with van der Waals surface area (Å²) in [6.07, 6.45) is -4.14. The Labute approximate surface area is 121 Å². The van der Waals surface area contributed by atoms with Crippen LogP contribution in [0.4, 0.5) is 13.2 Å². The quantitative estimate of drug-likeness (QED) is 0.846. The summed E-state index contributed by atoms with van der Waals surface area (Å²) in [5.74, 6) is -1.40. The number of hydrogen-bond acceptors (Lipinski definition) is 3. The van der Waals surface area contributed by atoms with Gasteiger partial charge in [0.2, 0.25) is 0 Å². The van der Waals surface area contributed by atoms with Crippen molar-refractivity contribution in [3.63, 3.8) is 0 Å². The van der Waals surface area contributed by atoms with Crippen LogP contribution >= 0.6 is 0 Å². The minimum absolute atomic E-state index is 0.305. The van der Waals surface area contributed by atoms with E-state index in [1.165, 1.54) is 0 Å². The highest BCUT2D eigenvalue weighted by Gasteiger charge is 2.57. The Balaban J connectivity index is 2.74. The second-order valence-corrected chi connectivity index (χ2v) is 5.20. The lowest BCUT2D eigenvalue weighted by molar-refractivity contribution is -0.257. The molecule has 1 rings (SSSR count). The van der Waals surface area contributed by atoms with Gasteiger partial charge in [0.05, 0.1) is 0 Å². The largest absolute Gasteiger partial charge is 0.458 e. The second kappa shape index (κ2) is 6.47. The van der Waals surface area contributed by atoms with Crippen molar-refractivity contribution in [1.29, 1.82) is 0 Å². The standard InChI is InChI=1S/C15H19F3O3/c1-4-10(2)12-7-5-6-11(8-12)9-21-13(19)14(3,20)15(16,17)18/h5-8,10,20H,4,9H2,1-3H3. The minimum atomic E-state index is -5.07. The van der Waals surface area contributed by atoms with Crippen molar-refractivity contribution in [1.82, 2.24) is 0 Å². The smallest absolute Gasteiger partial charge is 0.427 e. The molecule has 0 fully saturated rings. The summed E-state index contributed by atoms with van der Waals surface area (Å²) < 4.78 is 42.0. The third-order valence-corrected chi connectivity index (χ3v) is 3.45. The van der Waals surface area contributed by atoms with Gasteiger partial charge in [-0.3, -0.25) is 0 Å². The highest BCUT2D eigenvalue weighted by Crippen LogP contribution is 2.31. The lowest BCUT2D eigenvalue weighted by Crippen LogP contribution is -2.50. The average Bonchev–Trinajstić information content (AvgIpc) is 2.42. The van der Waals surface area contributed by atoms with Crippen LogP contribution in [0, 0.1) is 0 Å². The molecule has 0 amide bonds. The first kappa shape index (κ1) is 17.5. The highest BCUT2D eigenvalue weighted by atomic mass is 19.4. The van der Waals surface area contributed by atoms with Crippen molar-refractivity contribution in [2.75, 3.05) is 0 Å². The Hall–Kier alpha value is -1.56. The molecule has 1 aromatic rings. The lowest BCUT2D eigenvalue weighted by atomic mass is 9.97. The molecule has 0 saturated heterocycles. The van der Waals surface area contributed by atoms with E-state index < -0.39 is 17.7 Å². The maximum absolute atomic E-state index is 12.5. The number of carbonyl (C=O) groups excluding carboxylic acids is 1. The third-order valence-electron chi connectivity index (χ3n) is 3.45. The van der Waals surface area contributed by atoms with Gasteiger partial charge in [-0.25, -0.2) is 4.79 Å². The Morgan fingerprint density at radius 3 is 2.52 bits per heavy atom. The van der Waals surface area contributed by atoms with Crippen molar-refractivity contribution in [3.05, 3.63) is 35.4 Å². The van der Waals surface area contributed by atoms with Gasteiger partial charge in [-0.15, -0.1) is 0 Å². The van der Waals surface area contributed by atoms with E-state index in [9.17, 15) is 23.1 Å². The summed E-state index contributed by atoms with van der Waals surface area (Å²) in [4.78, 5) is 11.4. The Bertz CT molecular complexity index is 495. The van der Waals surface area contributed by atoms with Crippen molar-refractivity contribution in [2.45, 2.75) is 51.5 Å². The molecule has 0 spiro atoms. The van der Waals surface area contributed by atoms with Gasteiger partial charge in [-0.05, 0) is 30.4 Å². The van der Waals surface area contributed by atoms with Gasteiger partial charge in [0.1, 0.15) is 6.61 Å². The number of aliphatic hydroxyl groups is 1. The molecule has 1 N–H and O–H groups in total. The van der Waals surface area contributed by atoms with E-state index in [1.807, 2.05) is 19.9 Å². The van der Waals surface area contributed by atoms with E-state index in [2.05, 4.69) is 4.74 Å². The summed E-state index contributed by atoms with van der Waals surface area (Å²) in [7, 11) is 0. The zero-order chi connectivity index (χ0) is 16.3. The molecule has 0 aliphatic carbocycles. The molecule has 0 aliphatic rings. The molecule has 0 bridgehead atoms. The van der Waals surface area contributed by atoms with Crippen LogP contribution in [0.25, 0.3) is 0 Å². The first-order valence-corrected chi connectivity index (χ1v) is 6.64. The molecule has 0 radical (unpaired) electrons. The van der Waals surface area contributed by atoms with Crippen molar-refractivity contribution in [3.8, 4) is 0 Å². The first-order valence-electron chi connectivity index (χ1n) is 6.64. The molecule has 3 nitrogen and oxygen atoms in total. The Morgan fingerprint density at radius 1 is 1.38 bits per heavy atom. The summed E-state index contributed by atoms with van der Waals surface area (Å²) in [6, 6.07) is 7.10. The van der Waals surface area contributed by atoms with Crippen LogP contribution in [-0.2, 0) is 16.1 Å². The molecule has 1 aromatic carbocycles. The van der Waals surface area contributed by atoms with E-state index in [4.69, 9.17) is 0 Å². The number of hydrogen-bond donors (Lipinski definition) is 1. The number of rotatable bonds is 5. The monoisotopic (exact) mass is 304 g/mol. The molecule has 2 unspecified atom stereocenters. The predicted molar refractivity (Wildman–Crippen MR) is 71.6 cm³/mol. The summed E-state index contributed by atoms with van der Waals surface area (Å²) in [5.41, 5.74) is -1.89. The first-order chi connectivity index (χ1) is 9.59. The maximum Gasteiger partial charge on any atom is 0.427 e. The van der Waals surface area contributed by atoms with Crippen LogP contribution in [0.2, 0.25) is 0 Å². The molecule has 0 heterocycles. The van der Waals surface area contributed by atoms with Crippen LogP contribution in [0.15, 0.2) is 24.3 Å². The second-order valence-electron chi connectivity index (χ2n) is 5.20. The topological polar surface area (TPSA) is 46.5 Å². The molecular weight excluding hydrogens is 285 g/mol. The summed E-state index contributed by atoms with van der Waals surface area (Å²) in [5, 5.41) is 9.18. The van der Waals surface area contributed by atoms with Gasteiger partial charge in [-0.2, -0.15) is 13.2 Å².